The summed E-state index contributed by atoms with van der Waals surface area (Å²) in [5, 5.41) is 0. The number of benzene rings is 2. The van der Waals surface area contributed by atoms with E-state index in [0.717, 1.165) is 11.3 Å². The van der Waals surface area contributed by atoms with Crippen molar-refractivity contribution in [2.75, 3.05) is 12.9 Å². The van der Waals surface area contributed by atoms with Crippen LogP contribution in [0.5, 0.6) is 5.75 Å². The summed E-state index contributed by atoms with van der Waals surface area (Å²) in [6, 6.07) is 16.0. The molecule has 0 atom stereocenters. The monoisotopic (exact) mass is 276 g/mol. The summed E-state index contributed by atoms with van der Waals surface area (Å²) in [5.41, 5.74) is 0.986. The van der Waals surface area contributed by atoms with Gasteiger partial charge in [-0.15, -0.1) is 0 Å². The third-order valence-electron chi connectivity index (χ3n) is 2.92. The van der Waals surface area contributed by atoms with E-state index < -0.39 is 9.84 Å². The molecule has 0 unspecified atom stereocenters. The molecule has 0 amide bonds. The van der Waals surface area contributed by atoms with Gasteiger partial charge in [-0.2, -0.15) is 0 Å². The van der Waals surface area contributed by atoms with Gasteiger partial charge >= 0.3 is 0 Å². The van der Waals surface area contributed by atoms with E-state index in [0.29, 0.717) is 11.3 Å². The molecule has 0 aromatic heterocycles. The molecule has 0 heterocycles. The van der Waals surface area contributed by atoms with Gasteiger partial charge in [-0.1, -0.05) is 30.3 Å². The average molecular weight is 276 g/mol. The highest BCUT2D eigenvalue weighted by molar-refractivity contribution is 7.91. The lowest BCUT2D eigenvalue weighted by Gasteiger charge is -2.05. The van der Waals surface area contributed by atoms with E-state index in [1.54, 1.807) is 31.4 Å². The van der Waals surface area contributed by atoms with Gasteiger partial charge in [0.2, 0.25) is 0 Å². The van der Waals surface area contributed by atoms with Crippen LogP contribution in [-0.2, 0) is 16.3 Å². The molecule has 2 rings (SSSR count). The summed E-state index contributed by atoms with van der Waals surface area (Å²) in [6.45, 7) is 0. The van der Waals surface area contributed by atoms with Crippen LogP contribution >= 0.6 is 0 Å². The van der Waals surface area contributed by atoms with Crippen molar-refractivity contribution in [3.05, 3.63) is 60.2 Å². The largest absolute Gasteiger partial charge is 0.497 e. The zero-order valence-corrected chi connectivity index (χ0v) is 11.6. The van der Waals surface area contributed by atoms with Crippen molar-refractivity contribution in [3.63, 3.8) is 0 Å². The summed E-state index contributed by atoms with van der Waals surface area (Å²) in [4.78, 5) is 0.378. The second kappa shape index (κ2) is 5.89. The Morgan fingerprint density at radius 2 is 1.58 bits per heavy atom. The van der Waals surface area contributed by atoms with Crippen molar-refractivity contribution < 1.29 is 13.2 Å². The number of methoxy groups -OCH3 is 1. The topological polar surface area (TPSA) is 43.4 Å². The normalized spacial score (nSPS) is 11.2. The predicted octanol–water partition coefficient (Wildman–Crippen LogP) is 2.71. The van der Waals surface area contributed by atoms with Gasteiger partial charge in [0.1, 0.15) is 5.75 Å². The van der Waals surface area contributed by atoms with E-state index in [2.05, 4.69) is 0 Å². The molecular formula is C15H16O3S. The standard InChI is InChI=1S/C15H16O3S/c1-18-14-9-7-13(8-10-14)11-12-19(16,17)15-5-3-2-4-6-15/h2-10H,11-12H2,1H3. The molecule has 0 aliphatic rings. The first kappa shape index (κ1) is 13.6. The molecule has 0 saturated carbocycles. The summed E-state index contributed by atoms with van der Waals surface area (Å²) >= 11 is 0. The van der Waals surface area contributed by atoms with Gasteiger partial charge in [0.05, 0.1) is 17.8 Å². The summed E-state index contributed by atoms with van der Waals surface area (Å²) in [6.07, 6.45) is 0.501. The van der Waals surface area contributed by atoms with Crippen LogP contribution < -0.4 is 4.74 Å². The van der Waals surface area contributed by atoms with Gasteiger partial charge in [0.25, 0.3) is 0 Å². The van der Waals surface area contributed by atoms with Crippen molar-refractivity contribution in [1.29, 1.82) is 0 Å². The molecule has 0 saturated heterocycles. The van der Waals surface area contributed by atoms with E-state index in [1.165, 1.54) is 0 Å². The van der Waals surface area contributed by atoms with E-state index >= 15 is 0 Å². The van der Waals surface area contributed by atoms with Crippen LogP contribution in [-0.4, -0.2) is 21.3 Å². The van der Waals surface area contributed by atoms with Gasteiger partial charge in [-0.05, 0) is 36.2 Å². The predicted molar refractivity (Wildman–Crippen MR) is 75.2 cm³/mol. The third kappa shape index (κ3) is 3.58. The molecule has 0 aliphatic heterocycles. The van der Waals surface area contributed by atoms with E-state index in [4.69, 9.17) is 4.74 Å². The molecule has 0 N–H and O–H groups in total. The van der Waals surface area contributed by atoms with Crippen LogP contribution in [0.25, 0.3) is 0 Å². The zero-order chi connectivity index (χ0) is 13.7. The first-order chi connectivity index (χ1) is 9.12. The van der Waals surface area contributed by atoms with Crippen LogP contribution in [0.3, 0.4) is 0 Å². The van der Waals surface area contributed by atoms with Crippen molar-refractivity contribution in [2.24, 2.45) is 0 Å². The van der Waals surface area contributed by atoms with Crippen LogP contribution in [0, 0.1) is 0 Å². The second-order valence-corrected chi connectivity index (χ2v) is 6.34. The maximum Gasteiger partial charge on any atom is 0.178 e. The van der Waals surface area contributed by atoms with Crippen molar-refractivity contribution in [3.8, 4) is 5.75 Å². The van der Waals surface area contributed by atoms with Crippen LogP contribution in [0.4, 0.5) is 0 Å². The molecular weight excluding hydrogens is 260 g/mol. The Morgan fingerprint density at radius 1 is 0.947 bits per heavy atom. The Bertz CT molecular complexity index is 616. The number of hydrogen-bond acceptors (Lipinski definition) is 3. The number of hydrogen-bond donors (Lipinski definition) is 0. The fraction of sp³-hybridized carbons (Fsp3) is 0.200. The highest BCUT2D eigenvalue weighted by atomic mass is 32.2. The van der Waals surface area contributed by atoms with Crippen LogP contribution in [0.15, 0.2) is 59.5 Å². The summed E-state index contributed by atoms with van der Waals surface area (Å²) in [5.74, 6) is 0.887. The van der Waals surface area contributed by atoms with Crippen molar-refractivity contribution in [1.82, 2.24) is 0 Å². The molecule has 2 aromatic rings. The molecule has 0 fully saturated rings. The van der Waals surface area contributed by atoms with E-state index in [9.17, 15) is 8.42 Å². The van der Waals surface area contributed by atoms with E-state index in [-0.39, 0.29) is 5.75 Å². The highest BCUT2D eigenvalue weighted by Crippen LogP contribution is 2.15. The van der Waals surface area contributed by atoms with Crippen LogP contribution in [0.1, 0.15) is 5.56 Å². The molecule has 4 heteroatoms. The van der Waals surface area contributed by atoms with Gasteiger partial charge < -0.3 is 4.74 Å². The Labute approximate surface area is 113 Å². The third-order valence-corrected chi connectivity index (χ3v) is 4.65. The maximum atomic E-state index is 12.1. The molecule has 19 heavy (non-hydrogen) atoms. The van der Waals surface area contributed by atoms with Crippen molar-refractivity contribution >= 4 is 9.84 Å². The van der Waals surface area contributed by atoms with Crippen molar-refractivity contribution in [2.45, 2.75) is 11.3 Å². The maximum absolute atomic E-state index is 12.1. The minimum atomic E-state index is -3.21. The van der Waals surface area contributed by atoms with Gasteiger partial charge in [0, 0.05) is 0 Å². The summed E-state index contributed by atoms with van der Waals surface area (Å²) < 4.78 is 29.3. The molecule has 0 bridgehead atoms. The fourth-order valence-corrected chi connectivity index (χ4v) is 3.10. The lowest BCUT2D eigenvalue weighted by atomic mass is 10.2. The first-order valence-corrected chi connectivity index (χ1v) is 7.68. The smallest absolute Gasteiger partial charge is 0.178 e. The lowest BCUT2D eigenvalue weighted by molar-refractivity contribution is 0.414. The number of rotatable bonds is 5. The van der Waals surface area contributed by atoms with Crippen LogP contribution in [0.2, 0.25) is 0 Å². The Morgan fingerprint density at radius 3 is 2.16 bits per heavy atom. The number of sulfone groups is 1. The average Bonchev–Trinajstić information content (AvgIpc) is 2.47. The molecule has 2 aromatic carbocycles. The molecule has 0 aliphatic carbocycles. The Balaban J connectivity index is 2.05. The SMILES string of the molecule is COc1ccc(CCS(=O)(=O)c2ccccc2)cc1. The molecule has 100 valence electrons. The molecule has 0 radical (unpaired) electrons. The van der Waals surface area contributed by atoms with Gasteiger partial charge in [-0.3, -0.25) is 0 Å². The number of ether oxygens (including phenoxy) is 1. The minimum Gasteiger partial charge on any atom is -0.497 e. The minimum absolute atomic E-state index is 0.114. The Kier molecular flexibility index (Phi) is 4.22. The summed E-state index contributed by atoms with van der Waals surface area (Å²) in [7, 11) is -1.60. The number of aryl methyl sites for hydroxylation is 1. The fourth-order valence-electron chi connectivity index (χ4n) is 1.79. The van der Waals surface area contributed by atoms with Gasteiger partial charge in [-0.25, -0.2) is 8.42 Å². The second-order valence-electron chi connectivity index (χ2n) is 4.23. The zero-order valence-electron chi connectivity index (χ0n) is 10.7. The quantitative estimate of drug-likeness (QED) is 0.843. The van der Waals surface area contributed by atoms with E-state index in [1.807, 2.05) is 30.3 Å². The lowest BCUT2D eigenvalue weighted by Crippen LogP contribution is -2.09. The molecule has 3 nitrogen and oxygen atoms in total. The Hall–Kier alpha value is -1.81. The highest BCUT2D eigenvalue weighted by Gasteiger charge is 2.13. The molecule has 0 spiro atoms. The van der Waals surface area contributed by atoms with Gasteiger partial charge in [0.15, 0.2) is 9.84 Å². The first-order valence-electron chi connectivity index (χ1n) is 6.02.